The number of hydrogen-bond donors (Lipinski definition) is 1. The molecule has 42 heavy (non-hydrogen) atoms. The summed E-state index contributed by atoms with van der Waals surface area (Å²) in [7, 11) is 0. The van der Waals surface area contributed by atoms with E-state index in [0.29, 0.717) is 0 Å². The van der Waals surface area contributed by atoms with Gasteiger partial charge in [0.2, 0.25) is 5.91 Å². The summed E-state index contributed by atoms with van der Waals surface area (Å²) in [5.41, 5.74) is -1.19. The van der Waals surface area contributed by atoms with Gasteiger partial charge >= 0.3 is 12.4 Å². The summed E-state index contributed by atoms with van der Waals surface area (Å²) in [5.74, 6) is -1.94. The van der Waals surface area contributed by atoms with Gasteiger partial charge in [-0.15, -0.1) is 11.6 Å². The highest BCUT2D eigenvalue weighted by atomic mass is 35.5. The van der Waals surface area contributed by atoms with Crippen molar-refractivity contribution in [3.8, 4) is 0 Å². The minimum absolute atomic E-state index is 0.0590. The van der Waals surface area contributed by atoms with Gasteiger partial charge < -0.3 is 4.84 Å². The molecule has 15 heteroatoms. The maximum atomic E-state index is 14.4. The van der Waals surface area contributed by atoms with Crippen LogP contribution < -0.4 is 5.43 Å². The molecule has 2 aromatic rings. The van der Waals surface area contributed by atoms with Gasteiger partial charge in [-0.1, -0.05) is 58.7 Å². The zero-order chi connectivity index (χ0) is 30.9. The fourth-order valence-corrected chi connectivity index (χ4v) is 5.11. The Morgan fingerprint density at radius 3 is 2.29 bits per heavy atom. The van der Waals surface area contributed by atoms with Crippen LogP contribution in [0.3, 0.4) is 0 Å². The molecular weight excluding hydrogens is 635 g/mol. The maximum absolute atomic E-state index is 14.4. The molecular formula is C27H20Cl3F6N3O3. The van der Waals surface area contributed by atoms with Gasteiger partial charge in [-0.2, -0.15) is 26.3 Å². The first-order valence-electron chi connectivity index (χ1n) is 12.2. The molecule has 6 nitrogen and oxygen atoms in total. The van der Waals surface area contributed by atoms with Gasteiger partial charge in [-0.05, 0) is 42.0 Å². The summed E-state index contributed by atoms with van der Waals surface area (Å²) in [5, 5.41) is 3.28. The number of rotatable bonds is 6. The number of hydrazine groups is 1. The molecule has 1 heterocycles. The summed E-state index contributed by atoms with van der Waals surface area (Å²) in [6.45, 7) is 0. The largest absolute Gasteiger partial charge is 0.435 e. The molecule has 0 bridgehead atoms. The van der Waals surface area contributed by atoms with Crippen LogP contribution in [-0.4, -0.2) is 46.3 Å². The number of benzene rings is 2. The number of halogens is 9. The van der Waals surface area contributed by atoms with E-state index in [-0.39, 0.29) is 26.9 Å². The number of carbonyl (C=O) groups is 2. The average Bonchev–Trinajstić information content (AvgIpc) is 3.38. The van der Waals surface area contributed by atoms with Crippen molar-refractivity contribution >= 4 is 52.3 Å². The lowest BCUT2D eigenvalue weighted by Crippen LogP contribution is -2.54. The molecule has 0 aromatic heterocycles. The van der Waals surface area contributed by atoms with E-state index in [0.717, 1.165) is 17.1 Å². The van der Waals surface area contributed by atoms with Crippen LogP contribution in [0.25, 0.3) is 0 Å². The summed E-state index contributed by atoms with van der Waals surface area (Å²) < 4.78 is 81.5. The summed E-state index contributed by atoms with van der Waals surface area (Å²) in [6, 6.07) is 9.62. The Morgan fingerprint density at radius 1 is 1.05 bits per heavy atom. The maximum Gasteiger partial charge on any atom is 0.435 e. The highest BCUT2D eigenvalue weighted by Gasteiger charge is 2.62. The molecule has 0 fully saturated rings. The number of nitrogens with zero attached hydrogens (tertiary/aromatic N) is 2. The van der Waals surface area contributed by atoms with Crippen molar-refractivity contribution in [2.75, 3.05) is 0 Å². The quantitative estimate of drug-likeness (QED) is 0.199. The predicted molar refractivity (Wildman–Crippen MR) is 144 cm³/mol. The lowest BCUT2D eigenvalue weighted by molar-refractivity contribution is -0.275. The fraction of sp³-hybridized carbons (Fsp3) is 0.296. The summed E-state index contributed by atoms with van der Waals surface area (Å²) in [6.07, 6.45) is -8.84. The van der Waals surface area contributed by atoms with E-state index in [9.17, 15) is 35.9 Å². The normalized spacial score (nSPS) is 22.2. The second kappa shape index (κ2) is 12.2. The van der Waals surface area contributed by atoms with E-state index >= 15 is 0 Å². The fourth-order valence-electron chi connectivity index (χ4n) is 4.32. The van der Waals surface area contributed by atoms with Gasteiger partial charge in [-0.25, -0.2) is 5.01 Å². The topological polar surface area (TPSA) is 71.0 Å². The number of amides is 2. The zero-order valence-electron chi connectivity index (χ0n) is 21.1. The second-order valence-corrected chi connectivity index (χ2v) is 10.8. The van der Waals surface area contributed by atoms with Crippen molar-refractivity contribution in [1.29, 1.82) is 0 Å². The van der Waals surface area contributed by atoms with Gasteiger partial charge in [0.25, 0.3) is 11.5 Å². The van der Waals surface area contributed by atoms with Crippen molar-refractivity contribution in [1.82, 2.24) is 10.4 Å². The molecule has 1 N–H and O–H groups in total. The number of allylic oxidation sites excluding steroid dienone is 2. The molecule has 4 rings (SSSR count). The average molecular weight is 655 g/mol. The molecule has 2 aromatic carbocycles. The lowest BCUT2D eigenvalue weighted by Gasteiger charge is -2.34. The molecule has 1 aliphatic carbocycles. The van der Waals surface area contributed by atoms with E-state index in [1.807, 2.05) is 0 Å². The van der Waals surface area contributed by atoms with Crippen LogP contribution in [-0.2, 0) is 15.2 Å². The first-order chi connectivity index (χ1) is 19.6. The highest BCUT2D eigenvalue weighted by molar-refractivity contribution is 6.34. The Bertz CT molecular complexity index is 1430. The minimum atomic E-state index is -4.97. The molecule has 2 amide bonds. The van der Waals surface area contributed by atoms with Crippen molar-refractivity contribution in [3.05, 3.63) is 93.5 Å². The lowest BCUT2D eigenvalue weighted by atomic mass is 9.85. The highest BCUT2D eigenvalue weighted by Crippen LogP contribution is 2.50. The first kappa shape index (κ1) is 31.7. The molecule has 0 spiro atoms. The van der Waals surface area contributed by atoms with Crippen LogP contribution in [0.2, 0.25) is 10.0 Å². The van der Waals surface area contributed by atoms with E-state index in [1.165, 1.54) is 48.6 Å². The molecule has 2 aliphatic rings. The molecule has 224 valence electrons. The molecule has 0 radical (unpaired) electrons. The monoisotopic (exact) mass is 653 g/mol. The summed E-state index contributed by atoms with van der Waals surface area (Å²) in [4.78, 5) is 30.9. The Kier molecular flexibility index (Phi) is 9.19. The van der Waals surface area contributed by atoms with Gasteiger partial charge in [0.15, 0.2) is 0 Å². The standard InChI is InChI=1S/C27H20Cl3F6N3O3/c28-18-11-17(12-19(29)13-18)25(27(34,35)36)14-21(38-42-25)16-6-7-20(30)22(10-16)39(24(41)15-4-2-1-3-5-15)37-23(40)8-9-26(31,32)33/h1-7,10-13,20,22H,8-9,14H2,(H,37,40). The van der Waals surface area contributed by atoms with Crippen LogP contribution in [0.5, 0.6) is 0 Å². The number of oxime groups is 1. The molecule has 3 atom stereocenters. The minimum Gasteiger partial charge on any atom is -0.374 e. The van der Waals surface area contributed by atoms with E-state index in [1.54, 1.807) is 6.07 Å². The van der Waals surface area contributed by atoms with E-state index < -0.39 is 66.0 Å². The van der Waals surface area contributed by atoms with Crippen LogP contribution >= 0.6 is 34.8 Å². The van der Waals surface area contributed by atoms with Crippen molar-refractivity contribution in [2.45, 2.75) is 48.6 Å². The van der Waals surface area contributed by atoms with Gasteiger partial charge in [0, 0.05) is 34.0 Å². The second-order valence-electron chi connectivity index (χ2n) is 9.40. The molecule has 1 aliphatic heterocycles. The Balaban J connectivity index is 1.67. The van der Waals surface area contributed by atoms with Crippen LogP contribution in [0, 0.1) is 0 Å². The van der Waals surface area contributed by atoms with Crippen LogP contribution in [0.4, 0.5) is 26.3 Å². The Morgan fingerprint density at radius 2 is 1.69 bits per heavy atom. The molecule has 0 saturated heterocycles. The van der Waals surface area contributed by atoms with Crippen molar-refractivity contribution in [2.24, 2.45) is 5.16 Å². The molecule has 3 unspecified atom stereocenters. The number of carbonyl (C=O) groups excluding carboxylic acids is 2. The Labute approximate surface area is 250 Å². The first-order valence-corrected chi connectivity index (χ1v) is 13.4. The van der Waals surface area contributed by atoms with Crippen LogP contribution in [0.1, 0.15) is 35.2 Å². The van der Waals surface area contributed by atoms with Crippen LogP contribution in [0.15, 0.2) is 77.5 Å². The predicted octanol–water partition coefficient (Wildman–Crippen LogP) is 7.52. The van der Waals surface area contributed by atoms with Gasteiger partial charge in [-0.3, -0.25) is 15.0 Å². The van der Waals surface area contributed by atoms with E-state index in [2.05, 4.69) is 10.6 Å². The van der Waals surface area contributed by atoms with E-state index in [4.69, 9.17) is 39.6 Å². The van der Waals surface area contributed by atoms with Crippen molar-refractivity contribution < 1.29 is 40.8 Å². The molecule has 0 saturated carbocycles. The van der Waals surface area contributed by atoms with Gasteiger partial charge in [0.1, 0.15) is 0 Å². The third-order valence-corrected chi connectivity index (χ3v) is 7.24. The van der Waals surface area contributed by atoms with Gasteiger partial charge in [0.05, 0.1) is 23.6 Å². The third-order valence-electron chi connectivity index (χ3n) is 6.40. The number of alkyl halides is 7. The third kappa shape index (κ3) is 7.04. The smallest absolute Gasteiger partial charge is 0.374 e. The zero-order valence-corrected chi connectivity index (χ0v) is 23.4. The number of nitrogens with one attached hydrogen (secondary N) is 1. The SMILES string of the molecule is O=C(CCC(F)(F)F)NN(C(=O)c1ccccc1)C1C=C(C2=NOC(c3cc(Cl)cc(Cl)c3)(C(F)(F)F)C2)C=CC1Cl. The number of hydrogen-bond acceptors (Lipinski definition) is 4. The van der Waals surface area contributed by atoms with Crippen molar-refractivity contribution in [3.63, 3.8) is 0 Å². The summed E-state index contributed by atoms with van der Waals surface area (Å²) >= 11 is 18.3. The Hall–Kier alpha value is -3.22.